The fraction of sp³-hybridized carbons (Fsp3) is 0.692. The van der Waals surface area contributed by atoms with Crippen molar-refractivity contribution in [2.45, 2.75) is 45.8 Å². The Labute approximate surface area is 129 Å². The van der Waals surface area contributed by atoms with Crippen LogP contribution in [0.2, 0.25) is 0 Å². The third-order valence-electron chi connectivity index (χ3n) is 2.94. The molecule has 0 heterocycles. The zero-order chi connectivity index (χ0) is 17.4. The van der Waals surface area contributed by atoms with E-state index in [1.165, 1.54) is 13.8 Å². The summed E-state index contributed by atoms with van der Waals surface area (Å²) in [5.41, 5.74) is 5.65. The van der Waals surface area contributed by atoms with Crippen LogP contribution in [0.5, 0.6) is 0 Å². The molecule has 3 amide bonds. The van der Waals surface area contributed by atoms with Gasteiger partial charge in [-0.15, -0.1) is 0 Å². The second kappa shape index (κ2) is 8.98. The van der Waals surface area contributed by atoms with Crippen LogP contribution >= 0.6 is 0 Å². The van der Waals surface area contributed by atoms with Gasteiger partial charge in [0.05, 0.1) is 12.6 Å². The standard InChI is InChI=1S/C13H24N4O5/c1-6(2)10(14)12(20)17-7(3)11(19)15-5-9(18)16-8(4)13(21)22/h6-8,10H,5,14H2,1-4H3,(H,15,19)(H,16,18)(H,17,20)(H,21,22). The number of hydrogen-bond acceptors (Lipinski definition) is 5. The summed E-state index contributed by atoms with van der Waals surface area (Å²) in [5.74, 6) is -2.91. The normalized spacial score (nSPS) is 14.6. The van der Waals surface area contributed by atoms with Crippen LogP contribution in [0.1, 0.15) is 27.7 Å². The summed E-state index contributed by atoms with van der Waals surface area (Å²) in [7, 11) is 0. The molecule has 0 aliphatic heterocycles. The molecule has 0 aromatic rings. The molecule has 22 heavy (non-hydrogen) atoms. The topological polar surface area (TPSA) is 151 Å². The molecule has 0 bridgehead atoms. The molecule has 0 aliphatic carbocycles. The highest BCUT2D eigenvalue weighted by atomic mass is 16.4. The molecule has 9 heteroatoms. The van der Waals surface area contributed by atoms with E-state index < -0.39 is 41.8 Å². The third-order valence-corrected chi connectivity index (χ3v) is 2.94. The molecule has 0 fully saturated rings. The minimum Gasteiger partial charge on any atom is -0.480 e. The average molecular weight is 316 g/mol. The molecule has 0 saturated carbocycles. The molecular weight excluding hydrogens is 292 g/mol. The van der Waals surface area contributed by atoms with Crippen LogP contribution in [-0.4, -0.2) is 53.5 Å². The Bertz CT molecular complexity index is 438. The number of carboxylic acids is 1. The number of amides is 3. The second-order valence-corrected chi connectivity index (χ2v) is 5.35. The van der Waals surface area contributed by atoms with E-state index in [-0.39, 0.29) is 12.5 Å². The van der Waals surface area contributed by atoms with Gasteiger partial charge >= 0.3 is 5.97 Å². The van der Waals surface area contributed by atoms with Gasteiger partial charge in [-0.2, -0.15) is 0 Å². The van der Waals surface area contributed by atoms with Crippen LogP contribution < -0.4 is 21.7 Å². The maximum atomic E-state index is 11.7. The summed E-state index contributed by atoms with van der Waals surface area (Å²) in [5, 5.41) is 15.6. The third kappa shape index (κ3) is 7.02. The van der Waals surface area contributed by atoms with Gasteiger partial charge in [0.15, 0.2) is 0 Å². The first-order chi connectivity index (χ1) is 10.1. The summed E-state index contributed by atoms with van der Waals surface area (Å²) in [6.45, 7) is 5.94. The lowest BCUT2D eigenvalue weighted by Gasteiger charge is -2.19. The lowest BCUT2D eigenvalue weighted by atomic mass is 10.0. The SMILES string of the molecule is CC(NC(=O)CNC(=O)C(C)NC(=O)C(N)C(C)C)C(=O)O. The maximum absolute atomic E-state index is 11.7. The van der Waals surface area contributed by atoms with Gasteiger partial charge in [-0.05, 0) is 19.8 Å². The number of nitrogens with two attached hydrogens (primary N) is 1. The first kappa shape index (κ1) is 19.8. The van der Waals surface area contributed by atoms with Gasteiger partial charge in [-0.25, -0.2) is 0 Å². The maximum Gasteiger partial charge on any atom is 0.325 e. The predicted octanol–water partition coefficient (Wildman–Crippen LogP) is -1.82. The fourth-order valence-corrected chi connectivity index (χ4v) is 1.35. The Hall–Kier alpha value is -2.16. The summed E-state index contributed by atoms with van der Waals surface area (Å²) in [6, 6.07) is -2.64. The van der Waals surface area contributed by atoms with Crippen molar-refractivity contribution in [1.82, 2.24) is 16.0 Å². The summed E-state index contributed by atoms with van der Waals surface area (Å²) in [4.78, 5) is 45.4. The number of rotatable bonds is 8. The van der Waals surface area contributed by atoms with E-state index in [2.05, 4.69) is 16.0 Å². The molecule has 0 aliphatic rings. The molecule has 9 nitrogen and oxygen atoms in total. The van der Waals surface area contributed by atoms with Crippen molar-refractivity contribution < 1.29 is 24.3 Å². The minimum absolute atomic E-state index is 0.0708. The number of carboxylic acid groups (broad SMARTS) is 1. The van der Waals surface area contributed by atoms with Crippen molar-refractivity contribution in [1.29, 1.82) is 0 Å². The summed E-state index contributed by atoms with van der Waals surface area (Å²) < 4.78 is 0. The van der Waals surface area contributed by atoms with Gasteiger partial charge in [0.1, 0.15) is 12.1 Å². The van der Waals surface area contributed by atoms with Crippen molar-refractivity contribution in [2.75, 3.05) is 6.54 Å². The van der Waals surface area contributed by atoms with Gasteiger partial charge in [0.25, 0.3) is 0 Å². The Balaban J connectivity index is 4.24. The second-order valence-electron chi connectivity index (χ2n) is 5.35. The lowest BCUT2D eigenvalue weighted by Crippen LogP contribution is -2.53. The number of carbonyl (C=O) groups is 4. The molecule has 0 radical (unpaired) electrons. The molecule has 3 atom stereocenters. The van der Waals surface area contributed by atoms with Gasteiger partial charge in [0.2, 0.25) is 17.7 Å². The zero-order valence-corrected chi connectivity index (χ0v) is 13.2. The highest BCUT2D eigenvalue weighted by Crippen LogP contribution is 1.98. The number of carbonyl (C=O) groups excluding carboxylic acids is 3. The first-order valence-electron chi connectivity index (χ1n) is 6.92. The quantitative estimate of drug-likeness (QED) is 0.356. The summed E-state index contributed by atoms with van der Waals surface area (Å²) in [6.07, 6.45) is 0. The Morgan fingerprint density at radius 1 is 0.955 bits per heavy atom. The van der Waals surface area contributed by atoms with Gasteiger partial charge in [-0.3, -0.25) is 19.2 Å². The Kier molecular flexibility index (Phi) is 8.10. The summed E-state index contributed by atoms with van der Waals surface area (Å²) >= 11 is 0. The largest absolute Gasteiger partial charge is 0.480 e. The highest BCUT2D eigenvalue weighted by Gasteiger charge is 2.22. The van der Waals surface area contributed by atoms with E-state index in [1.54, 1.807) is 13.8 Å². The molecule has 0 rings (SSSR count). The predicted molar refractivity (Wildman–Crippen MR) is 78.7 cm³/mol. The Morgan fingerprint density at radius 2 is 1.50 bits per heavy atom. The van der Waals surface area contributed by atoms with E-state index in [9.17, 15) is 19.2 Å². The molecule has 6 N–H and O–H groups in total. The smallest absolute Gasteiger partial charge is 0.325 e. The zero-order valence-electron chi connectivity index (χ0n) is 13.2. The average Bonchev–Trinajstić information content (AvgIpc) is 2.43. The van der Waals surface area contributed by atoms with Crippen molar-refractivity contribution >= 4 is 23.7 Å². The number of nitrogens with one attached hydrogen (secondary N) is 3. The number of aliphatic carboxylic acids is 1. The van der Waals surface area contributed by atoms with Crippen LogP contribution in [0.25, 0.3) is 0 Å². The van der Waals surface area contributed by atoms with E-state index >= 15 is 0 Å². The van der Waals surface area contributed by atoms with Crippen molar-refractivity contribution in [3.05, 3.63) is 0 Å². The van der Waals surface area contributed by atoms with Gasteiger partial charge in [0, 0.05) is 0 Å². The van der Waals surface area contributed by atoms with E-state index in [0.29, 0.717) is 0 Å². The van der Waals surface area contributed by atoms with Crippen molar-refractivity contribution in [3.8, 4) is 0 Å². The van der Waals surface area contributed by atoms with Crippen LogP contribution in [0.15, 0.2) is 0 Å². The fourth-order valence-electron chi connectivity index (χ4n) is 1.35. The first-order valence-corrected chi connectivity index (χ1v) is 6.92. The highest BCUT2D eigenvalue weighted by molar-refractivity contribution is 5.92. The molecule has 0 aromatic carbocycles. The molecule has 0 aromatic heterocycles. The molecule has 3 unspecified atom stereocenters. The van der Waals surface area contributed by atoms with Crippen LogP contribution in [0.4, 0.5) is 0 Å². The van der Waals surface area contributed by atoms with E-state index in [4.69, 9.17) is 10.8 Å². The van der Waals surface area contributed by atoms with E-state index in [1.807, 2.05) is 0 Å². The van der Waals surface area contributed by atoms with Crippen LogP contribution in [0, 0.1) is 5.92 Å². The van der Waals surface area contributed by atoms with Crippen molar-refractivity contribution in [3.63, 3.8) is 0 Å². The van der Waals surface area contributed by atoms with Crippen molar-refractivity contribution in [2.24, 2.45) is 11.7 Å². The molecule has 0 spiro atoms. The van der Waals surface area contributed by atoms with Crippen LogP contribution in [-0.2, 0) is 19.2 Å². The monoisotopic (exact) mass is 316 g/mol. The lowest BCUT2D eigenvalue weighted by molar-refractivity contribution is -0.141. The molecule has 126 valence electrons. The Morgan fingerprint density at radius 3 is 1.95 bits per heavy atom. The molecule has 0 saturated heterocycles. The van der Waals surface area contributed by atoms with Gasteiger partial charge < -0.3 is 26.8 Å². The van der Waals surface area contributed by atoms with Gasteiger partial charge in [-0.1, -0.05) is 13.8 Å². The van der Waals surface area contributed by atoms with E-state index in [0.717, 1.165) is 0 Å². The number of hydrogen-bond donors (Lipinski definition) is 5. The van der Waals surface area contributed by atoms with Crippen LogP contribution in [0.3, 0.4) is 0 Å². The molecular formula is C13H24N4O5. The minimum atomic E-state index is -1.18.